The van der Waals surface area contributed by atoms with E-state index in [4.69, 9.17) is 5.11 Å². The first-order valence-electron chi connectivity index (χ1n) is 7.48. The van der Waals surface area contributed by atoms with Crippen molar-refractivity contribution in [2.24, 2.45) is 17.3 Å². The maximum atomic E-state index is 11.9. The number of carboxylic acid groups (broad SMARTS) is 1. The quantitative estimate of drug-likeness (QED) is 0.726. The zero-order chi connectivity index (χ0) is 15.3. The summed E-state index contributed by atoms with van der Waals surface area (Å²) in [5.41, 5.74) is 0.276. The zero-order valence-corrected chi connectivity index (χ0v) is 13.0. The highest BCUT2D eigenvalue weighted by Gasteiger charge is 2.29. The van der Waals surface area contributed by atoms with Crippen LogP contribution in [0.4, 0.5) is 4.79 Å². The molecule has 3 N–H and O–H groups in total. The molecule has 0 aromatic carbocycles. The maximum Gasteiger partial charge on any atom is 0.315 e. The SMILES string of the molecule is CC(C)C(CNC(=O)NC1CCCC(C)(C)C1)C(=O)O. The summed E-state index contributed by atoms with van der Waals surface area (Å²) >= 11 is 0. The molecule has 1 rings (SSSR count). The topological polar surface area (TPSA) is 78.4 Å². The van der Waals surface area contributed by atoms with E-state index >= 15 is 0 Å². The Bertz CT molecular complexity index is 353. The van der Waals surface area contributed by atoms with Crippen LogP contribution in [-0.4, -0.2) is 29.7 Å². The summed E-state index contributed by atoms with van der Waals surface area (Å²) in [6, 6.07) is -0.0549. The highest BCUT2D eigenvalue weighted by Crippen LogP contribution is 2.34. The second-order valence-electron chi connectivity index (χ2n) is 7.00. The zero-order valence-electron chi connectivity index (χ0n) is 13.0. The fourth-order valence-electron chi connectivity index (χ4n) is 2.87. The van der Waals surface area contributed by atoms with Gasteiger partial charge in [0.25, 0.3) is 0 Å². The van der Waals surface area contributed by atoms with Gasteiger partial charge in [0.1, 0.15) is 0 Å². The number of rotatable bonds is 5. The summed E-state index contributed by atoms with van der Waals surface area (Å²) in [7, 11) is 0. The fraction of sp³-hybridized carbons (Fsp3) is 0.867. The molecule has 1 aliphatic carbocycles. The summed E-state index contributed by atoms with van der Waals surface area (Å²) in [6.45, 7) is 8.31. The van der Waals surface area contributed by atoms with Gasteiger partial charge in [-0.25, -0.2) is 4.79 Å². The molecule has 0 spiro atoms. The van der Waals surface area contributed by atoms with Crippen LogP contribution in [0, 0.1) is 17.3 Å². The normalized spacial score (nSPS) is 23.1. The highest BCUT2D eigenvalue weighted by molar-refractivity contribution is 5.76. The molecule has 2 amide bonds. The van der Waals surface area contributed by atoms with E-state index in [-0.39, 0.29) is 30.0 Å². The van der Waals surface area contributed by atoms with Crippen molar-refractivity contribution in [1.82, 2.24) is 10.6 Å². The van der Waals surface area contributed by atoms with E-state index in [9.17, 15) is 9.59 Å². The highest BCUT2D eigenvalue weighted by atomic mass is 16.4. The van der Waals surface area contributed by atoms with Gasteiger partial charge in [-0.15, -0.1) is 0 Å². The average molecular weight is 284 g/mol. The Balaban J connectivity index is 2.38. The molecule has 1 fully saturated rings. The fourth-order valence-corrected chi connectivity index (χ4v) is 2.87. The second kappa shape index (κ2) is 6.95. The van der Waals surface area contributed by atoms with Crippen LogP contribution in [0.5, 0.6) is 0 Å². The molecule has 0 aromatic heterocycles. The van der Waals surface area contributed by atoms with Crippen molar-refractivity contribution in [2.45, 2.75) is 59.4 Å². The van der Waals surface area contributed by atoms with Gasteiger partial charge in [0.05, 0.1) is 5.92 Å². The first-order valence-corrected chi connectivity index (χ1v) is 7.48. The van der Waals surface area contributed by atoms with Crippen molar-refractivity contribution in [2.75, 3.05) is 6.54 Å². The van der Waals surface area contributed by atoms with Crippen molar-refractivity contribution in [3.8, 4) is 0 Å². The summed E-state index contributed by atoms with van der Waals surface area (Å²) in [4.78, 5) is 22.9. The largest absolute Gasteiger partial charge is 0.481 e. The summed E-state index contributed by atoms with van der Waals surface area (Å²) in [5.74, 6) is -1.40. The van der Waals surface area contributed by atoms with E-state index < -0.39 is 11.9 Å². The first kappa shape index (κ1) is 16.8. The molecule has 0 radical (unpaired) electrons. The second-order valence-corrected chi connectivity index (χ2v) is 7.00. The maximum absolute atomic E-state index is 11.9. The van der Waals surface area contributed by atoms with Crippen LogP contribution in [0.25, 0.3) is 0 Å². The van der Waals surface area contributed by atoms with E-state index in [0.717, 1.165) is 19.3 Å². The standard InChI is InChI=1S/C15H28N2O3/c1-10(2)12(13(18)19)9-16-14(20)17-11-6-5-7-15(3,4)8-11/h10-12H,5-9H2,1-4H3,(H,18,19)(H2,16,17,20). The van der Waals surface area contributed by atoms with Gasteiger partial charge in [-0.3, -0.25) is 4.79 Å². The molecule has 5 heteroatoms. The van der Waals surface area contributed by atoms with Crippen molar-refractivity contribution in [3.05, 3.63) is 0 Å². The van der Waals surface area contributed by atoms with Crippen LogP contribution >= 0.6 is 0 Å². The summed E-state index contributed by atoms with van der Waals surface area (Å²) < 4.78 is 0. The van der Waals surface area contributed by atoms with Crippen molar-refractivity contribution in [1.29, 1.82) is 0 Å². The molecule has 0 saturated heterocycles. The van der Waals surface area contributed by atoms with Gasteiger partial charge >= 0.3 is 12.0 Å². The molecule has 1 saturated carbocycles. The molecule has 2 atom stereocenters. The van der Waals surface area contributed by atoms with Crippen LogP contribution in [0.2, 0.25) is 0 Å². The number of urea groups is 1. The number of carbonyl (C=O) groups excluding carboxylic acids is 1. The first-order chi connectivity index (χ1) is 9.21. The predicted molar refractivity (Wildman–Crippen MR) is 78.5 cm³/mol. The smallest absolute Gasteiger partial charge is 0.315 e. The Morgan fingerprint density at radius 1 is 1.35 bits per heavy atom. The van der Waals surface area contributed by atoms with E-state index in [0.29, 0.717) is 0 Å². The van der Waals surface area contributed by atoms with E-state index in [2.05, 4.69) is 24.5 Å². The van der Waals surface area contributed by atoms with Crippen molar-refractivity contribution >= 4 is 12.0 Å². The lowest BCUT2D eigenvalue weighted by atomic mass is 9.75. The lowest BCUT2D eigenvalue weighted by Gasteiger charge is -2.35. The number of amides is 2. The minimum absolute atomic E-state index is 0.00131. The number of hydrogen-bond donors (Lipinski definition) is 3. The molecule has 0 aliphatic heterocycles. The minimum atomic E-state index is -0.862. The molecule has 116 valence electrons. The Morgan fingerprint density at radius 2 is 2.00 bits per heavy atom. The molecule has 2 unspecified atom stereocenters. The van der Waals surface area contributed by atoms with Crippen LogP contribution < -0.4 is 10.6 Å². The van der Waals surface area contributed by atoms with Crippen LogP contribution in [0.1, 0.15) is 53.4 Å². The van der Waals surface area contributed by atoms with Crippen LogP contribution in [-0.2, 0) is 4.79 Å². The molecule has 0 bridgehead atoms. The summed E-state index contributed by atoms with van der Waals surface area (Å²) in [5, 5.41) is 14.7. The molecular formula is C15H28N2O3. The number of carboxylic acids is 1. The number of nitrogens with one attached hydrogen (secondary N) is 2. The van der Waals surface area contributed by atoms with E-state index in [1.54, 1.807) is 0 Å². The van der Waals surface area contributed by atoms with Crippen LogP contribution in [0.15, 0.2) is 0 Å². The van der Waals surface area contributed by atoms with Gasteiger partial charge in [-0.2, -0.15) is 0 Å². The predicted octanol–water partition coefficient (Wildman–Crippen LogP) is 2.61. The number of hydrogen-bond acceptors (Lipinski definition) is 2. The molecule has 1 aliphatic rings. The van der Waals surface area contributed by atoms with Gasteiger partial charge in [-0.05, 0) is 30.6 Å². The third-order valence-corrected chi connectivity index (χ3v) is 4.14. The molecular weight excluding hydrogens is 256 g/mol. The Labute approximate surface area is 121 Å². The molecule has 0 heterocycles. The van der Waals surface area contributed by atoms with Crippen molar-refractivity contribution < 1.29 is 14.7 Å². The van der Waals surface area contributed by atoms with Gasteiger partial charge < -0.3 is 15.7 Å². The minimum Gasteiger partial charge on any atom is -0.481 e. The monoisotopic (exact) mass is 284 g/mol. The van der Waals surface area contributed by atoms with Crippen LogP contribution in [0.3, 0.4) is 0 Å². The molecule has 5 nitrogen and oxygen atoms in total. The van der Waals surface area contributed by atoms with Gasteiger partial charge in [-0.1, -0.05) is 34.1 Å². The third kappa shape index (κ3) is 5.39. The Kier molecular flexibility index (Phi) is 5.84. The Morgan fingerprint density at radius 3 is 2.50 bits per heavy atom. The molecule has 20 heavy (non-hydrogen) atoms. The summed E-state index contributed by atoms with van der Waals surface area (Å²) in [6.07, 6.45) is 4.30. The Hall–Kier alpha value is -1.26. The number of carbonyl (C=O) groups is 2. The van der Waals surface area contributed by atoms with Crippen molar-refractivity contribution in [3.63, 3.8) is 0 Å². The van der Waals surface area contributed by atoms with Gasteiger partial charge in [0.2, 0.25) is 0 Å². The third-order valence-electron chi connectivity index (χ3n) is 4.14. The molecule has 0 aromatic rings. The van der Waals surface area contributed by atoms with E-state index in [1.807, 2.05) is 13.8 Å². The van der Waals surface area contributed by atoms with E-state index in [1.165, 1.54) is 6.42 Å². The van der Waals surface area contributed by atoms with Gasteiger partial charge in [0.15, 0.2) is 0 Å². The number of aliphatic carboxylic acids is 1. The van der Waals surface area contributed by atoms with Gasteiger partial charge in [0, 0.05) is 12.6 Å². The lowest BCUT2D eigenvalue weighted by molar-refractivity contribution is -0.142. The average Bonchev–Trinajstić information content (AvgIpc) is 2.26. The lowest BCUT2D eigenvalue weighted by Crippen LogP contribution is -2.47.